The zero-order valence-corrected chi connectivity index (χ0v) is 14.7. The number of ketones is 1. The van der Waals surface area contributed by atoms with Crippen molar-refractivity contribution in [1.29, 1.82) is 0 Å². The third-order valence-electron chi connectivity index (χ3n) is 4.97. The van der Waals surface area contributed by atoms with E-state index in [1.54, 1.807) is 0 Å². The van der Waals surface area contributed by atoms with Crippen LogP contribution in [-0.2, 0) is 5.60 Å². The third-order valence-corrected chi connectivity index (χ3v) is 4.97. The minimum atomic E-state index is -5.28. The van der Waals surface area contributed by atoms with E-state index in [4.69, 9.17) is 0 Å². The molecular weight excluding hydrogens is 388 g/mol. The van der Waals surface area contributed by atoms with Crippen molar-refractivity contribution in [3.05, 3.63) is 53.7 Å². The molecule has 0 fully saturated rings. The molecule has 1 N–H and O–H groups in total. The average molecular weight is 403 g/mol. The van der Waals surface area contributed by atoms with E-state index >= 15 is 0 Å². The van der Waals surface area contributed by atoms with E-state index < -0.39 is 40.8 Å². The monoisotopic (exact) mass is 403 g/mol. The molecule has 0 saturated carbocycles. The van der Waals surface area contributed by atoms with E-state index in [0.29, 0.717) is 6.07 Å². The molecule has 3 rings (SSSR count). The highest BCUT2D eigenvalue weighted by Crippen LogP contribution is 2.52. The number of anilines is 1. The molecule has 0 saturated heterocycles. The molecule has 150 valence electrons. The Labute approximate surface area is 155 Å². The lowest BCUT2D eigenvalue weighted by atomic mass is 9.79. The van der Waals surface area contributed by atoms with Gasteiger partial charge in [0.1, 0.15) is 0 Å². The number of benzene rings is 2. The number of carbonyl (C=O) groups excluding carboxylic acids is 1. The first-order valence-corrected chi connectivity index (χ1v) is 8.18. The Kier molecular flexibility index (Phi) is 4.49. The van der Waals surface area contributed by atoms with Crippen molar-refractivity contribution in [1.82, 2.24) is 0 Å². The first-order valence-electron chi connectivity index (χ1n) is 8.18. The van der Waals surface area contributed by atoms with Gasteiger partial charge in [-0.2, -0.15) is 26.3 Å². The molecule has 0 radical (unpaired) electrons. The summed E-state index contributed by atoms with van der Waals surface area (Å²) >= 11 is 0. The molecule has 1 heterocycles. The first kappa shape index (κ1) is 20.2. The zero-order chi connectivity index (χ0) is 21.1. The molecule has 1 aliphatic rings. The number of rotatable bonds is 1. The Morgan fingerprint density at radius 3 is 2.21 bits per heavy atom. The number of hydrogen-bond donors (Lipinski definition) is 1. The molecular formula is C19H15F6NO2. The topological polar surface area (TPSA) is 40.5 Å². The number of Topliss-reactive ketones (excluding diaryl/α,β-unsaturated/α-hetero) is 1. The Balaban J connectivity index is 2.51. The number of fused-ring (bicyclic) bond motifs is 3. The van der Waals surface area contributed by atoms with Crippen LogP contribution in [0.25, 0.3) is 10.8 Å². The molecule has 2 aromatic carbocycles. The number of hydrogen-bond acceptors (Lipinski definition) is 3. The van der Waals surface area contributed by atoms with Gasteiger partial charge in [0.25, 0.3) is 5.78 Å². The van der Waals surface area contributed by atoms with Gasteiger partial charge >= 0.3 is 12.4 Å². The highest BCUT2D eigenvalue weighted by molar-refractivity contribution is 6.14. The Morgan fingerprint density at radius 1 is 1.11 bits per heavy atom. The van der Waals surface area contributed by atoms with Crippen LogP contribution in [0.3, 0.4) is 0 Å². The molecule has 28 heavy (non-hydrogen) atoms. The smallest absolute Gasteiger partial charge is 0.376 e. The number of alkyl halides is 6. The van der Waals surface area contributed by atoms with Crippen LogP contribution in [0.4, 0.5) is 32.0 Å². The van der Waals surface area contributed by atoms with Gasteiger partial charge in [0.05, 0.1) is 5.69 Å². The predicted molar refractivity (Wildman–Crippen MR) is 91.0 cm³/mol. The van der Waals surface area contributed by atoms with Crippen LogP contribution in [0.1, 0.15) is 22.8 Å². The second kappa shape index (κ2) is 6.23. The van der Waals surface area contributed by atoms with Gasteiger partial charge in [0.15, 0.2) is 5.60 Å². The summed E-state index contributed by atoms with van der Waals surface area (Å²) in [5.41, 5.74) is -5.33. The zero-order valence-electron chi connectivity index (χ0n) is 14.7. The summed E-state index contributed by atoms with van der Waals surface area (Å²) in [6.45, 7) is 1.10. The SMILES string of the molecule is CC1C=CN(C)c2c(cc(C(=O)C(F)(F)F)c3ccccc23)C1(O)C(F)(F)F. The Morgan fingerprint density at radius 2 is 1.68 bits per heavy atom. The standard InChI is InChI=1S/C19H15F6NO2/c1-10-7-8-26(2)15-12-6-4-3-5-11(12)13(16(27)18(20,21)22)9-14(15)17(10,28)19(23,24)25/h3-10,28H,1-2H3. The maximum Gasteiger partial charge on any atom is 0.454 e. The minimum Gasteiger partial charge on any atom is -0.376 e. The first-order chi connectivity index (χ1) is 12.8. The van der Waals surface area contributed by atoms with Gasteiger partial charge in [-0.3, -0.25) is 4.79 Å². The molecule has 2 unspecified atom stereocenters. The van der Waals surface area contributed by atoms with Crippen molar-refractivity contribution in [3.63, 3.8) is 0 Å². The van der Waals surface area contributed by atoms with Crippen LogP contribution in [0.15, 0.2) is 42.6 Å². The van der Waals surface area contributed by atoms with E-state index in [1.165, 1.54) is 42.4 Å². The number of halogens is 6. The maximum absolute atomic E-state index is 13.9. The van der Waals surface area contributed by atoms with Crippen molar-refractivity contribution < 1.29 is 36.2 Å². The molecule has 0 aliphatic carbocycles. The fourth-order valence-corrected chi connectivity index (χ4v) is 3.50. The summed E-state index contributed by atoms with van der Waals surface area (Å²) in [5.74, 6) is -3.78. The summed E-state index contributed by atoms with van der Waals surface area (Å²) in [5, 5.41) is 10.5. The number of nitrogens with zero attached hydrogens (tertiary/aromatic N) is 1. The summed E-state index contributed by atoms with van der Waals surface area (Å²) in [4.78, 5) is 13.2. The second-order valence-electron chi connectivity index (χ2n) is 6.70. The maximum atomic E-state index is 13.9. The Hall–Kier alpha value is -2.55. The van der Waals surface area contributed by atoms with Gasteiger partial charge in [-0.05, 0) is 11.5 Å². The van der Waals surface area contributed by atoms with Crippen LogP contribution in [0, 0.1) is 5.92 Å². The lowest BCUT2D eigenvalue weighted by molar-refractivity contribution is -0.279. The molecule has 0 aromatic heterocycles. The molecule has 0 amide bonds. The fourth-order valence-electron chi connectivity index (χ4n) is 3.50. The van der Waals surface area contributed by atoms with Crippen molar-refractivity contribution in [2.75, 3.05) is 11.9 Å². The number of carbonyl (C=O) groups is 1. The van der Waals surface area contributed by atoms with Crippen LogP contribution >= 0.6 is 0 Å². The van der Waals surface area contributed by atoms with Gasteiger partial charge < -0.3 is 10.0 Å². The lowest BCUT2D eigenvalue weighted by Crippen LogP contribution is -2.47. The molecule has 2 atom stereocenters. The fraction of sp³-hybridized carbons (Fsp3) is 0.316. The third kappa shape index (κ3) is 2.85. The van der Waals surface area contributed by atoms with Crippen molar-refractivity contribution >= 4 is 22.2 Å². The van der Waals surface area contributed by atoms with Gasteiger partial charge in [0.2, 0.25) is 0 Å². The van der Waals surface area contributed by atoms with Gasteiger partial charge in [0, 0.05) is 35.7 Å². The number of aliphatic hydroxyl groups is 1. The minimum absolute atomic E-state index is 0.00322. The predicted octanol–water partition coefficient (Wildman–Crippen LogP) is 4.93. The van der Waals surface area contributed by atoms with Crippen molar-refractivity contribution in [2.45, 2.75) is 24.9 Å². The van der Waals surface area contributed by atoms with Crippen LogP contribution in [0.5, 0.6) is 0 Å². The van der Waals surface area contributed by atoms with E-state index in [-0.39, 0.29) is 16.5 Å². The molecule has 9 heteroatoms. The largest absolute Gasteiger partial charge is 0.454 e. The molecule has 1 aliphatic heterocycles. The van der Waals surface area contributed by atoms with E-state index in [9.17, 15) is 36.2 Å². The van der Waals surface area contributed by atoms with E-state index in [2.05, 4.69) is 0 Å². The van der Waals surface area contributed by atoms with Crippen molar-refractivity contribution in [2.24, 2.45) is 5.92 Å². The highest BCUT2D eigenvalue weighted by Gasteiger charge is 2.60. The summed E-state index contributed by atoms with van der Waals surface area (Å²) in [6.07, 6.45) is -8.05. The highest BCUT2D eigenvalue weighted by atomic mass is 19.4. The molecule has 0 bridgehead atoms. The summed E-state index contributed by atoms with van der Waals surface area (Å²) < 4.78 is 81.1. The molecule has 0 spiro atoms. The second-order valence-corrected chi connectivity index (χ2v) is 6.70. The van der Waals surface area contributed by atoms with Gasteiger partial charge in [-0.15, -0.1) is 0 Å². The molecule has 3 nitrogen and oxygen atoms in total. The van der Waals surface area contributed by atoms with Crippen molar-refractivity contribution in [3.8, 4) is 0 Å². The summed E-state index contributed by atoms with van der Waals surface area (Å²) in [6, 6.07) is 5.88. The average Bonchev–Trinajstić information content (AvgIpc) is 2.70. The Bertz CT molecular complexity index is 979. The van der Waals surface area contributed by atoms with E-state index in [1.807, 2.05) is 0 Å². The lowest BCUT2D eigenvalue weighted by Gasteiger charge is -2.36. The molecule has 2 aromatic rings. The van der Waals surface area contributed by atoms with Crippen LogP contribution < -0.4 is 4.90 Å². The van der Waals surface area contributed by atoms with Crippen LogP contribution in [-0.4, -0.2) is 30.3 Å². The van der Waals surface area contributed by atoms with E-state index in [0.717, 1.165) is 13.0 Å². The van der Waals surface area contributed by atoms with Crippen LogP contribution in [0.2, 0.25) is 0 Å². The summed E-state index contributed by atoms with van der Waals surface area (Å²) in [7, 11) is 1.42. The quantitative estimate of drug-likeness (QED) is 0.542. The normalized spacial score (nSPS) is 22.9. The van der Waals surface area contributed by atoms with Gasteiger partial charge in [-0.25, -0.2) is 0 Å². The van der Waals surface area contributed by atoms with Gasteiger partial charge in [-0.1, -0.05) is 37.3 Å².